The molecule has 194 valence electrons. The van der Waals surface area contributed by atoms with Crippen LogP contribution in [0.15, 0.2) is 0 Å². The van der Waals surface area contributed by atoms with Crippen molar-refractivity contribution >= 4 is 29.6 Å². The summed E-state index contributed by atoms with van der Waals surface area (Å²) < 4.78 is 5.59. The van der Waals surface area contributed by atoms with E-state index < -0.39 is 42.1 Å². The molecule has 0 bridgehead atoms. The van der Waals surface area contributed by atoms with Crippen LogP contribution >= 0.6 is 0 Å². The molecule has 4 aliphatic rings. The molecule has 4 saturated heterocycles. The van der Waals surface area contributed by atoms with E-state index in [1.807, 2.05) is 18.9 Å². The van der Waals surface area contributed by atoms with Crippen LogP contribution in [0, 0.1) is 5.92 Å². The number of carbonyl (C=O) groups excluding carboxylic acids is 5. The fourth-order valence-electron chi connectivity index (χ4n) is 5.74. The molecule has 11 heteroatoms. The Morgan fingerprint density at radius 2 is 1.57 bits per heavy atom. The van der Waals surface area contributed by atoms with Crippen LogP contribution in [-0.2, 0) is 28.7 Å². The second-order valence-electron chi connectivity index (χ2n) is 10.6. The van der Waals surface area contributed by atoms with Gasteiger partial charge in [0.05, 0.1) is 6.42 Å². The summed E-state index contributed by atoms with van der Waals surface area (Å²) in [5.41, 5.74) is 0. The smallest absolute Gasteiger partial charge is 0.329 e. The summed E-state index contributed by atoms with van der Waals surface area (Å²) in [6.45, 7) is 7.40. The number of hydrogen-bond donors (Lipinski definition) is 1. The first-order valence-corrected chi connectivity index (χ1v) is 12.7. The van der Waals surface area contributed by atoms with E-state index in [0.29, 0.717) is 52.0 Å². The SMILES string of the molecule is CC1CC2C(=O)OC(C)CC(=O)N3CCCC3C(=O)N3CCN(C)CC3C(=O)NC(C)C(=O)N2C1. The van der Waals surface area contributed by atoms with Gasteiger partial charge in [-0.3, -0.25) is 19.2 Å². The van der Waals surface area contributed by atoms with Gasteiger partial charge in [0, 0.05) is 32.7 Å². The Morgan fingerprint density at radius 3 is 2.31 bits per heavy atom. The first-order chi connectivity index (χ1) is 16.6. The summed E-state index contributed by atoms with van der Waals surface area (Å²) in [6.07, 6.45) is 0.982. The van der Waals surface area contributed by atoms with Crippen molar-refractivity contribution in [2.24, 2.45) is 5.92 Å². The number of ether oxygens (including phenoxy) is 1. The molecule has 0 radical (unpaired) electrons. The highest BCUT2D eigenvalue weighted by Gasteiger charge is 2.45. The van der Waals surface area contributed by atoms with Crippen molar-refractivity contribution in [3.8, 4) is 0 Å². The van der Waals surface area contributed by atoms with Crippen LogP contribution in [0.2, 0.25) is 0 Å². The minimum atomic E-state index is -0.859. The van der Waals surface area contributed by atoms with Crippen molar-refractivity contribution in [2.75, 3.05) is 39.8 Å². The number of amides is 4. The highest BCUT2D eigenvalue weighted by molar-refractivity contribution is 5.96. The second kappa shape index (κ2) is 10.1. The number of esters is 1. The van der Waals surface area contributed by atoms with Crippen LogP contribution in [-0.4, -0.2) is 119 Å². The van der Waals surface area contributed by atoms with E-state index in [2.05, 4.69) is 5.32 Å². The van der Waals surface area contributed by atoms with Crippen LogP contribution in [0.1, 0.15) is 46.5 Å². The largest absolute Gasteiger partial charge is 0.461 e. The van der Waals surface area contributed by atoms with Crippen LogP contribution in [0.4, 0.5) is 0 Å². The predicted octanol–water partition coefficient (Wildman–Crippen LogP) is -0.803. The summed E-state index contributed by atoms with van der Waals surface area (Å²) in [6, 6.07) is -3.01. The lowest BCUT2D eigenvalue weighted by Crippen LogP contribution is -2.64. The molecule has 4 amide bonds. The average molecular weight is 492 g/mol. The maximum atomic E-state index is 13.6. The summed E-state index contributed by atoms with van der Waals surface area (Å²) in [5.74, 6) is -1.69. The Morgan fingerprint density at radius 1 is 0.829 bits per heavy atom. The molecule has 4 fully saturated rings. The zero-order valence-electron chi connectivity index (χ0n) is 21.1. The molecule has 0 aromatic heterocycles. The van der Waals surface area contributed by atoms with Gasteiger partial charge in [0.25, 0.3) is 0 Å². The molecule has 4 aliphatic heterocycles. The molecule has 0 saturated carbocycles. The predicted molar refractivity (Wildman–Crippen MR) is 125 cm³/mol. The molecule has 4 heterocycles. The van der Waals surface area contributed by atoms with Crippen LogP contribution < -0.4 is 5.32 Å². The van der Waals surface area contributed by atoms with Crippen LogP contribution in [0.25, 0.3) is 0 Å². The molecule has 1 N–H and O–H groups in total. The first-order valence-electron chi connectivity index (χ1n) is 12.7. The zero-order chi connectivity index (χ0) is 25.4. The van der Waals surface area contributed by atoms with E-state index >= 15 is 0 Å². The monoisotopic (exact) mass is 491 g/mol. The third-order valence-electron chi connectivity index (χ3n) is 7.60. The van der Waals surface area contributed by atoms with Gasteiger partial charge in [-0.05, 0) is 46.1 Å². The van der Waals surface area contributed by atoms with Gasteiger partial charge in [0.15, 0.2) is 0 Å². The molecule has 0 aliphatic carbocycles. The summed E-state index contributed by atoms with van der Waals surface area (Å²) in [5, 5.41) is 2.79. The van der Waals surface area contributed by atoms with E-state index in [4.69, 9.17) is 4.74 Å². The topological polar surface area (TPSA) is 120 Å². The number of cyclic esters (lactones) is 1. The fourth-order valence-corrected chi connectivity index (χ4v) is 5.74. The standard InChI is InChI=1S/C24H37N5O6/c1-14-10-18-24(34)35-15(2)11-20(30)27-7-5-6-17(27)23(33)28-9-8-26(4)13-19(28)21(31)25-16(3)22(32)29(18)12-14/h14-19H,5-13H2,1-4H3,(H,25,31). The number of fused-ring (bicyclic) bond motifs is 3. The Hall–Kier alpha value is -2.69. The molecule has 0 aromatic carbocycles. The van der Waals surface area contributed by atoms with Crippen LogP contribution in [0.5, 0.6) is 0 Å². The number of likely N-dealkylation sites (N-methyl/N-ethyl adjacent to an activating group) is 1. The minimum absolute atomic E-state index is 0.0329. The molecule has 0 aromatic rings. The Balaban J connectivity index is 1.65. The molecule has 6 unspecified atom stereocenters. The van der Waals surface area contributed by atoms with Gasteiger partial charge in [0.1, 0.15) is 30.3 Å². The highest BCUT2D eigenvalue weighted by atomic mass is 16.5. The highest BCUT2D eigenvalue weighted by Crippen LogP contribution is 2.27. The number of rotatable bonds is 0. The lowest BCUT2D eigenvalue weighted by atomic mass is 10.1. The number of nitrogens with one attached hydrogen (secondary N) is 1. The Labute approximate surface area is 206 Å². The normalized spacial score (nSPS) is 36.0. The van der Waals surface area contributed by atoms with E-state index in [1.165, 1.54) is 4.90 Å². The first kappa shape index (κ1) is 25.4. The van der Waals surface area contributed by atoms with E-state index in [9.17, 15) is 24.0 Å². The van der Waals surface area contributed by atoms with Gasteiger partial charge in [-0.2, -0.15) is 0 Å². The molecule has 4 rings (SSSR count). The fraction of sp³-hybridized carbons (Fsp3) is 0.792. The molecular weight excluding hydrogens is 454 g/mol. The number of carbonyl (C=O) groups is 5. The van der Waals surface area contributed by atoms with Crippen molar-refractivity contribution in [1.29, 1.82) is 0 Å². The van der Waals surface area contributed by atoms with E-state index in [1.54, 1.807) is 23.6 Å². The number of piperazine rings is 1. The lowest BCUT2D eigenvalue weighted by Gasteiger charge is -2.41. The zero-order valence-corrected chi connectivity index (χ0v) is 21.1. The van der Waals surface area contributed by atoms with E-state index in [-0.39, 0.29) is 30.1 Å². The van der Waals surface area contributed by atoms with Gasteiger partial charge < -0.3 is 29.7 Å². The van der Waals surface area contributed by atoms with Crippen molar-refractivity contribution in [2.45, 2.75) is 76.7 Å². The second-order valence-corrected chi connectivity index (χ2v) is 10.6. The summed E-state index contributed by atoms with van der Waals surface area (Å²) in [4.78, 5) is 72.9. The van der Waals surface area contributed by atoms with Gasteiger partial charge in [-0.25, -0.2) is 4.79 Å². The van der Waals surface area contributed by atoms with Gasteiger partial charge >= 0.3 is 5.97 Å². The third-order valence-corrected chi connectivity index (χ3v) is 7.60. The quantitative estimate of drug-likeness (QED) is 0.441. The van der Waals surface area contributed by atoms with Crippen molar-refractivity contribution in [1.82, 2.24) is 24.9 Å². The molecule has 6 atom stereocenters. The molecule has 11 nitrogen and oxygen atoms in total. The maximum absolute atomic E-state index is 13.6. The molecule has 0 spiro atoms. The van der Waals surface area contributed by atoms with Gasteiger partial charge in [-0.1, -0.05) is 6.92 Å². The number of hydrogen-bond acceptors (Lipinski definition) is 7. The van der Waals surface area contributed by atoms with Gasteiger partial charge in [0.2, 0.25) is 23.6 Å². The average Bonchev–Trinajstić information content (AvgIpc) is 3.44. The molecular formula is C24H37N5O6. The van der Waals surface area contributed by atoms with Crippen molar-refractivity contribution < 1.29 is 28.7 Å². The summed E-state index contributed by atoms with van der Waals surface area (Å²) in [7, 11) is 1.89. The third kappa shape index (κ3) is 5.14. The molecule has 35 heavy (non-hydrogen) atoms. The maximum Gasteiger partial charge on any atom is 0.329 e. The lowest BCUT2D eigenvalue weighted by molar-refractivity contribution is -0.160. The Kier molecular flexibility index (Phi) is 7.35. The Bertz CT molecular complexity index is 896. The van der Waals surface area contributed by atoms with Gasteiger partial charge in [-0.15, -0.1) is 0 Å². The van der Waals surface area contributed by atoms with Crippen LogP contribution in [0.3, 0.4) is 0 Å². The van der Waals surface area contributed by atoms with Crippen molar-refractivity contribution in [3.05, 3.63) is 0 Å². The number of nitrogens with zero attached hydrogens (tertiary/aromatic N) is 4. The minimum Gasteiger partial charge on any atom is -0.461 e. The van der Waals surface area contributed by atoms with E-state index in [0.717, 1.165) is 0 Å². The summed E-state index contributed by atoms with van der Waals surface area (Å²) >= 11 is 0. The van der Waals surface area contributed by atoms with Crippen molar-refractivity contribution in [3.63, 3.8) is 0 Å².